The van der Waals surface area contributed by atoms with Crippen molar-refractivity contribution in [3.05, 3.63) is 73.2 Å². The highest BCUT2D eigenvalue weighted by Crippen LogP contribution is 2.39. The van der Waals surface area contributed by atoms with Crippen LogP contribution in [0.1, 0.15) is 0 Å². The first-order chi connectivity index (χ1) is 18.1. The number of hydrogen-bond acceptors (Lipinski definition) is 7. The van der Waals surface area contributed by atoms with Crippen molar-refractivity contribution in [2.75, 3.05) is 48.9 Å². The maximum absolute atomic E-state index is 12.4. The van der Waals surface area contributed by atoms with Gasteiger partial charge < -0.3 is 29.6 Å². The molecule has 0 radical (unpaired) electrons. The Balaban J connectivity index is 1.52. The number of ether oxygens (including phenoxy) is 2. The van der Waals surface area contributed by atoms with Crippen LogP contribution >= 0.6 is 0 Å². The van der Waals surface area contributed by atoms with Crippen molar-refractivity contribution in [1.82, 2.24) is 14.5 Å². The van der Waals surface area contributed by atoms with E-state index >= 15 is 0 Å². The van der Waals surface area contributed by atoms with E-state index in [0.717, 1.165) is 27.8 Å². The van der Waals surface area contributed by atoms with E-state index in [1.165, 1.54) is 6.08 Å². The summed E-state index contributed by atoms with van der Waals surface area (Å²) in [6.45, 7) is 6.11. The summed E-state index contributed by atoms with van der Waals surface area (Å²) in [6.07, 6.45) is 5.05. The molecule has 2 aromatic heterocycles. The molecule has 4 aromatic rings. The molecule has 1 fully saturated rings. The first kappa shape index (κ1) is 24.1. The SMILES string of the molecule is C=C=CC(=O)Nc1cc(Nc2nccc(-c3cn(C)c4ccccc34)n2)c(OC)cc1N1CCOCC1. The van der Waals surface area contributed by atoms with Gasteiger partial charge in [-0.05, 0) is 18.2 Å². The second-order valence-corrected chi connectivity index (χ2v) is 8.57. The zero-order valence-corrected chi connectivity index (χ0v) is 20.8. The molecular weight excluding hydrogens is 468 g/mol. The van der Waals surface area contributed by atoms with E-state index in [2.05, 4.69) is 55.7 Å². The monoisotopic (exact) mass is 496 g/mol. The van der Waals surface area contributed by atoms with Gasteiger partial charge in [0.2, 0.25) is 5.95 Å². The number of nitrogens with zero attached hydrogens (tertiary/aromatic N) is 4. The highest BCUT2D eigenvalue weighted by atomic mass is 16.5. The van der Waals surface area contributed by atoms with Crippen LogP contribution in [0.5, 0.6) is 5.75 Å². The molecule has 1 amide bonds. The fraction of sp³-hybridized carbons (Fsp3) is 0.214. The Morgan fingerprint density at radius 2 is 2.00 bits per heavy atom. The zero-order chi connectivity index (χ0) is 25.8. The third kappa shape index (κ3) is 5.04. The van der Waals surface area contributed by atoms with Gasteiger partial charge in [-0.15, -0.1) is 5.73 Å². The molecule has 0 aliphatic carbocycles. The lowest BCUT2D eigenvalue weighted by atomic mass is 10.1. The lowest BCUT2D eigenvalue weighted by Gasteiger charge is -2.31. The lowest BCUT2D eigenvalue weighted by Crippen LogP contribution is -2.36. The minimum absolute atomic E-state index is 0.324. The molecule has 9 nitrogen and oxygen atoms in total. The largest absolute Gasteiger partial charge is 0.494 e. The quantitative estimate of drug-likeness (QED) is 0.287. The number of hydrogen-bond donors (Lipinski definition) is 2. The Morgan fingerprint density at radius 1 is 1.19 bits per heavy atom. The van der Waals surface area contributed by atoms with E-state index in [9.17, 15) is 4.79 Å². The Labute approximate surface area is 215 Å². The fourth-order valence-electron chi connectivity index (χ4n) is 4.50. The molecule has 1 aliphatic heterocycles. The summed E-state index contributed by atoms with van der Waals surface area (Å²) in [5.74, 6) is 0.680. The van der Waals surface area contributed by atoms with Crippen LogP contribution in [-0.2, 0) is 16.6 Å². The van der Waals surface area contributed by atoms with Crippen LogP contribution in [0.15, 0.2) is 73.2 Å². The number of rotatable bonds is 7. The van der Waals surface area contributed by atoms with Gasteiger partial charge in [-0.3, -0.25) is 4.79 Å². The molecular formula is C28H28N6O3. The summed E-state index contributed by atoms with van der Waals surface area (Å²) < 4.78 is 13.3. The Kier molecular flexibility index (Phi) is 6.89. The Bertz CT molecular complexity index is 1500. The van der Waals surface area contributed by atoms with Gasteiger partial charge in [0, 0.05) is 61.1 Å². The summed E-state index contributed by atoms with van der Waals surface area (Å²) >= 11 is 0. The number of methoxy groups -OCH3 is 1. The van der Waals surface area contributed by atoms with Gasteiger partial charge in [0.25, 0.3) is 5.91 Å². The van der Waals surface area contributed by atoms with E-state index in [1.54, 1.807) is 13.3 Å². The predicted octanol–water partition coefficient (Wildman–Crippen LogP) is 4.50. The van der Waals surface area contributed by atoms with Crippen LogP contribution in [0.25, 0.3) is 22.2 Å². The summed E-state index contributed by atoms with van der Waals surface area (Å²) in [5, 5.41) is 7.32. The van der Waals surface area contributed by atoms with Crippen LogP contribution in [0.3, 0.4) is 0 Å². The molecule has 0 bridgehead atoms. The molecule has 2 aromatic carbocycles. The van der Waals surface area contributed by atoms with Crippen LogP contribution in [0, 0.1) is 0 Å². The maximum Gasteiger partial charge on any atom is 0.256 e. The first-order valence-electron chi connectivity index (χ1n) is 11.9. The Morgan fingerprint density at radius 3 is 2.78 bits per heavy atom. The van der Waals surface area contributed by atoms with Crippen molar-refractivity contribution in [1.29, 1.82) is 0 Å². The van der Waals surface area contributed by atoms with Crippen LogP contribution in [-0.4, -0.2) is 53.9 Å². The Hall–Kier alpha value is -4.59. The van der Waals surface area contributed by atoms with Gasteiger partial charge in [0.1, 0.15) is 5.75 Å². The zero-order valence-electron chi connectivity index (χ0n) is 20.8. The molecule has 2 N–H and O–H groups in total. The van der Waals surface area contributed by atoms with Gasteiger partial charge >= 0.3 is 0 Å². The summed E-state index contributed by atoms with van der Waals surface area (Å²) in [7, 11) is 3.63. The van der Waals surface area contributed by atoms with Gasteiger partial charge in [0.05, 0.1) is 43.1 Å². The average molecular weight is 497 g/mol. The topological polar surface area (TPSA) is 93.5 Å². The van der Waals surface area contributed by atoms with Gasteiger partial charge in [-0.1, -0.05) is 24.8 Å². The van der Waals surface area contributed by atoms with E-state index in [4.69, 9.17) is 14.5 Å². The number of amides is 1. The number of benzene rings is 2. The summed E-state index contributed by atoms with van der Waals surface area (Å²) in [5.41, 5.74) is 7.52. The molecule has 188 valence electrons. The standard InChI is InChI=1S/C28H28N6O3/c1-4-7-27(35)30-22-16-23(26(36-3)17-25(22)34-12-14-37-15-13-34)32-28-29-11-10-21(31-28)20-18-33(2)24-9-6-5-8-19(20)24/h5-11,16-18H,1,12-15H2,2-3H3,(H,30,35)(H,29,31,32). The van der Waals surface area contributed by atoms with Crippen molar-refractivity contribution in [2.45, 2.75) is 0 Å². The van der Waals surface area contributed by atoms with E-state index in [1.807, 2.05) is 37.4 Å². The summed E-state index contributed by atoms with van der Waals surface area (Å²) in [6, 6.07) is 13.8. The van der Waals surface area contributed by atoms with E-state index < -0.39 is 0 Å². The number of anilines is 4. The van der Waals surface area contributed by atoms with Crippen molar-refractivity contribution < 1.29 is 14.3 Å². The number of aryl methyl sites for hydroxylation is 1. The first-order valence-corrected chi connectivity index (χ1v) is 11.9. The molecule has 0 spiro atoms. The number of nitrogens with one attached hydrogen (secondary N) is 2. The van der Waals surface area contributed by atoms with Gasteiger partial charge in [-0.25, -0.2) is 9.97 Å². The molecule has 9 heteroatoms. The molecule has 0 unspecified atom stereocenters. The van der Waals surface area contributed by atoms with Crippen molar-refractivity contribution >= 4 is 39.8 Å². The number of carbonyl (C=O) groups excluding carboxylic acids is 1. The third-order valence-corrected chi connectivity index (χ3v) is 6.24. The van der Waals surface area contributed by atoms with E-state index in [-0.39, 0.29) is 5.91 Å². The second kappa shape index (κ2) is 10.6. The van der Waals surface area contributed by atoms with Gasteiger partial charge in [0.15, 0.2) is 0 Å². The van der Waals surface area contributed by atoms with Crippen LogP contribution in [0.2, 0.25) is 0 Å². The summed E-state index contributed by atoms with van der Waals surface area (Å²) in [4.78, 5) is 23.8. The minimum atomic E-state index is -0.324. The molecule has 1 aliphatic rings. The predicted molar refractivity (Wildman–Crippen MR) is 146 cm³/mol. The fourth-order valence-corrected chi connectivity index (χ4v) is 4.50. The lowest BCUT2D eigenvalue weighted by molar-refractivity contribution is -0.111. The smallest absolute Gasteiger partial charge is 0.256 e. The number of morpholine rings is 1. The number of aromatic nitrogens is 3. The molecule has 3 heterocycles. The average Bonchev–Trinajstić information content (AvgIpc) is 3.26. The molecule has 37 heavy (non-hydrogen) atoms. The number of carbonyl (C=O) groups is 1. The molecule has 5 rings (SSSR count). The normalized spacial score (nSPS) is 13.2. The van der Waals surface area contributed by atoms with Gasteiger partial charge in [-0.2, -0.15) is 0 Å². The van der Waals surface area contributed by atoms with Crippen molar-refractivity contribution in [3.63, 3.8) is 0 Å². The van der Waals surface area contributed by atoms with Crippen LogP contribution < -0.4 is 20.3 Å². The van der Waals surface area contributed by atoms with Crippen LogP contribution in [0.4, 0.5) is 23.0 Å². The van der Waals surface area contributed by atoms with Crippen molar-refractivity contribution in [2.24, 2.45) is 7.05 Å². The molecule has 0 saturated carbocycles. The highest BCUT2D eigenvalue weighted by molar-refractivity contribution is 6.02. The minimum Gasteiger partial charge on any atom is -0.494 e. The number of para-hydroxylation sites is 1. The third-order valence-electron chi connectivity index (χ3n) is 6.24. The molecule has 0 atom stereocenters. The molecule has 1 saturated heterocycles. The second-order valence-electron chi connectivity index (χ2n) is 8.57. The highest BCUT2D eigenvalue weighted by Gasteiger charge is 2.20. The van der Waals surface area contributed by atoms with E-state index in [0.29, 0.717) is 49.4 Å². The maximum atomic E-state index is 12.4. The number of fused-ring (bicyclic) bond motifs is 1. The van der Waals surface area contributed by atoms with Crippen molar-refractivity contribution in [3.8, 4) is 17.0 Å².